The molecule has 2 heteroatoms. The van der Waals surface area contributed by atoms with Crippen LogP contribution in [0.2, 0.25) is 0 Å². The molecule has 1 aromatic rings. The summed E-state index contributed by atoms with van der Waals surface area (Å²) in [7, 11) is 0. The van der Waals surface area contributed by atoms with E-state index in [1.54, 1.807) is 0 Å². The van der Waals surface area contributed by atoms with Crippen LogP contribution in [0.3, 0.4) is 0 Å². The summed E-state index contributed by atoms with van der Waals surface area (Å²) in [5.74, 6) is 0.889. The summed E-state index contributed by atoms with van der Waals surface area (Å²) in [6.45, 7) is 4.17. The molecule has 2 rings (SSSR count). The molecule has 1 aliphatic carbocycles. The van der Waals surface area contributed by atoms with Gasteiger partial charge in [-0.25, -0.2) is 0 Å². The van der Waals surface area contributed by atoms with Crippen LogP contribution in [0.4, 0.5) is 5.69 Å². The van der Waals surface area contributed by atoms with Gasteiger partial charge < -0.3 is 10.6 Å². The van der Waals surface area contributed by atoms with Gasteiger partial charge in [0.2, 0.25) is 0 Å². The van der Waals surface area contributed by atoms with E-state index < -0.39 is 0 Å². The zero-order chi connectivity index (χ0) is 14.9. The minimum atomic E-state index is 0.502. The van der Waals surface area contributed by atoms with Crippen LogP contribution >= 0.6 is 0 Å². The molecule has 1 unspecified atom stereocenters. The van der Waals surface area contributed by atoms with Gasteiger partial charge in [-0.15, -0.1) is 0 Å². The Labute approximate surface area is 130 Å². The summed E-state index contributed by atoms with van der Waals surface area (Å²) in [4.78, 5) is 2.57. The number of nitrogens with two attached hydrogens (primary N) is 1. The fourth-order valence-electron chi connectivity index (χ4n) is 3.63. The van der Waals surface area contributed by atoms with Crippen LogP contribution in [0, 0.1) is 5.92 Å². The van der Waals surface area contributed by atoms with Crippen molar-refractivity contribution in [2.45, 2.75) is 64.3 Å². The third kappa shape index (κ3) is 5.03. The topological polar surface area (TPSA) is 29.3 Å². The Morgan fingerprint density at radius 1 is 1.14 bits per heavy atom. The van der Waals surface area contributed by atoms with Crippen molar-refractivity contribution in [3.8, 4) is 0 Å². The fraction of sp³-hybridized carbons (Fsp3) is 0.684. The fourth-order valence-corrected chi connectivity index (χ4v) is 3.63. The van der Waals surface area contributed by atoms with Gasteiger partial charge in [-0.2, -0.15) is 0 Å². The molecule has 0 aromatic heterocycles. The van der Waals surface area contributed by atoms with E-state index in [2.05, 4.69) is 42.2 Å². The third-order valence-electron chi connectivity index (χ3n) is 4.88. The molecule has 118 valence electrons. The highest BCUT2D eigenvalue weighted by Gasteiger charge is 2.23. The van der Waals surface area contributed by atoms with E-state index in [1.165, 1.54) is 57.1 Å². The molecular formula is C19H32N2. The van der Waals surface area contributed by atoms with Gasteiger partial charge >= 0.3 is 0 Å². The molecule has 1 aliphatic rings. The zero-order valence-corrected chi connectivity index (χ0v) is 13.6. The van der Waals surface area contributed by atoms with Crippen molar-refractivity contribution < 1.29 is 0 Å². The predicted molar refractivity (Wildman–Crippen MR) is 92.7 cm³/mol. The maximum Gasteiger partial charge on any atom is 0.0414 e. The average Bonchev–Trinajstić information content (AvgIpc) is 2.56. The molecule has 1 atom stereocenters. The van der Waals surface area contributed by atoms with Crippen molar-refractivity contribution >= 4 is 5.69 Å². The van der Waals surface area contributed by atoms with Crippen LogP contribution in [0.25, 0.3) is 0 Å². The lowest BCUT2D eigenvalue weighted by molar-refractivity contribution is 0.312. The Bertz CT molecular complexity index is 370. The van der Waals surface area contributed by atoms with Crippen molar-refractivity contribution in [2.24, 2.45) is 11.7 Å². The van der Waals surface area contributed by atoms with E-state index in [0.717, 1.165) is 19.0 Å². The summed E-state index contributed by atoms with van der Waals surface area (Å²) >= 11 is 0. The molecule has 0 saturated heterocycles. The standard InChI is InChI=1S/C19H32N2/c1-2-3-14-21(18-12-8-5-9-13-18)19(16-20)15-17-10-6-4-7-11-17/h5,8-9,12-13,17,19H,2-4,6-7,10-11,14-16,20H2,1H3. The second-order valence-electron chi connectivity index (χ2n) is 6.51. The van der Waals surface area contributed by atoms with Gasteiger partial charge in [-0.05, 0) is 30.9 Å². The quantitative estimate of drug-likeness (QED) is 0.758. The molecule has 0 aliphatic heterocycles. The van der Waals surface area contributed by atoms with E-state index in [-0.39, 0.29) is 0 Å². The number of hydrogen-bond donors (Lipinski definition) is 1. The molecule has 21 heavy (non-hydrogen) atoms. The Kier molecular flexibility index (Phi) is 7.08. The van der Waals surface area contributed by atoms with Crippen molar-refractivity contribution in [3.63, 3.8) is 0 Å². The van der Waals surface area contributed by atoms with Gasteiger partial charge in [-0.1, -0.05) is 63.6 Å². The lowest BCUT2D eigenvalue weighted by Gasteiger charge is -2.36. The van der Waals surface area contributed by atoms with Crippen molar-refractivity contribution in [2.75, 3.05) is 18.0 Å². The summed E-state index contributed by atoms with van der Waals surface area (Å²) in [5, 5.41) is 0. The first kappa shape index (κ1) is 16.4. The maximum absolute atomic E-state index is 6.16. The Morgan fingerprint density at radius 2 is 1.86 bits per heavy atom. The lowest BCUT2D eigenvalue weighted by atomic mass is 9.84. The number of unbranched alkanes of at least 4 members (excludes halogenated alkanes) is 1. The van der Waals surface area contributed by atoms with Crippen molar-refractivity contribution in [1.82, 2.24) is 0 Å². The van der Waals surface area contributed by atoms with Gasteiger partial charge in [-0.3, -0.25) is 0 Å². The van der Waals surface area contributed by atoms with Crippen LogP contribution in [0.5, 0.6) is 0 Å². The van der Waals surface area contributed by atoms with Crippen LogP contribution in [-0.4, -0.2) is 19.1 Å². The Hall–Kier alpha value is -1.02. The van der Waals surface area contributed by atoms with Crippen LogP contribution in [0.15, 0.2) is 30.3 Å². The molecule has 1 saturated carbocycles. The van der Waals surface area contributed by atoms with Gasteiger partial charge in [0, 0.05) is 24.8 Å². The maximum atomic E-state index is 6.16. The summed E-state index contributed by atoms with van der Waals surface area (Å²) in [6, 6.07) is 11.4. The highest BCUT2D eigenvalue weighted by atomic mass is 15.2. The van der Waals surface area contributed by atoms with Gasteiger partial charge in [0.1, 0.15) is 0 Å². The normalized spacial score (nSPS) is 17.6. The molecule has 1 fully saturated rings. The van der Waals surface area contributed by atoms with Crippen LogP contribution < -0.4 is 10.6 Å². The van der Waals surface area contributed by atoms with E-state index in [0.29, 0.717) is 6.04 Å². The molecule has 0 amide bonds. The average molecular weight is 288 g/mol. The largest absolute Gasteiger partial charge is 0.367 e. The molecule has 0 radical (unpaired) electrons. The van der Waals surface area contributed by atoms with Crippen LogP contribution in [-0.2, 0) is 0 Å². The second kappa shape index (κ2) is 9.09. The van der Waals surface area contributed by atoms with Crippen LogP contribution in [0.1, 0.15) is 58.3 Å². The number of benzene rings is 1. The lowest BCUT2D eigenvalue weighted by Crippen LogP contribution is -2.43. The first-order valence-electron chi connectivity index (χ1n) is 8.87. The second-order valence-corrected chi connectivity index (χ2v) is 6.51. The monoisotopic (exact) mass is 288 g/mol. The smallest absolute Gasteiger partial charge is 0.0414 e. The molecule has 0 heterocycles. The van der Waals surface area contributed by atoms with E-state index in [9.17, 15) is 0 Å². The molecule has 0 bridgehead atoms. The van der Waals surface area contributed by atoms with Crippen molar-refractivity contribution in [1.29, 1.82) is 0 Å². The third-order valence-corrected chi connectivity index (χ3v) is 4.88. The number of anilines is 1. The van der Waals surface area contributed by atoms with Gasteiger partial charge in [0.05, 0.1) is 0 Å². The van der Waals surface area contributed by atoms with Gasteiger partial charge in [0.15, 0.2) is 0 Å². The minimum Gasteiger partial charge on any atom is -0.367 e. The Morgan fingerprint density at radius 3 is 2.48 bits per heavy atom. The number of rotatable bonds is 8. The highest BCUT2D eigenvalue weighted by molar-refractivity contribution is 5.47. The molecular weight excluding hydrogens is 256 g/mol. The number of para-hydroxylation sites is 1. The van der Waals surface area contributed by atoms with E-state index in [1.807, 2.05) is 0 Å². The molecule has 2 N–H and O–H groups in total. The highest BCUT2D eigenvalue weighted by Crippen LogP contribution is 2.30. The zero-order valence-electron chi connectivity index (χ0n) is 13.6. The van der Waals surface area contributed by atoms with E-state index in [4.69, 9.17) is 5.73 Å². The predicted octanol–water partition coefficient (Wildman–Crippen LogP) is 4.59. The minimum absolute atomic E-state index is 0.502. The first-order valence-corrected chi connectivity index (χ1v) is 8.87. The van der Waals surface area contributed by atoms with E-state index >= 15 is 0 Å². The molecule has 1 aromatic carbocycles. The van der Waals surface area contributed by atoms with Crippen molar-refractivity contribution in [3.05, 3.63) is 30.3 Å². The SMILES string of the molecule is CCCCN(c1ccccc1)C(CN)CC1CCCCC1. The molecule has 2 nitrogen and oxygen atoms in total. The number of nitrogens with zero attached hydrogens (tertiary/aromatic N) is 1. The first-order chi connectivity index (χ1) is 10.3. The summed E-state index contributed by atoms with van der Waals surface area (Å²) in [6.07, 6.45) is 10.8. The van der Waals surface area contributed by atoms with Gasteiger partial charge in [0.25, 0.3) is 0 Å². The Balaban J connectivity index is 2.04. The molecule has 0 spiro atoms. The number of hydrogen-bond acceptors (Lipinski definition) is 2. The summed E-state index contributed by atoms with van der Waals surface area (Å²) < 4.78 is 0. The summed E-state index contributed by atoms with van der Waals surface area (Å²) in [5.41, 5.74) is 7.50.